The molecule has 0 unspecified atom stereocenters. The third-order valence-electron chi connectivity index (χ3n) is 4.69. The van der Waals surface area contributed by atoms with Crippen LogP contribution in [-0.2, 0) is 14.8 Å². The van der Waals surface area contributed by atoms with E-state index < -0.39 is 10.0 Å². The van der Waals surface area contributed by atoms with Crippen LogP contribution < -0.4 is 5.32 Å². The minimum absolute atomic E-state index is 0.0964. The molecule has 0 bridgehead atoms. The predicted molar refractivity (Wildman–Crippen MR) is 104 cm³/mol. The average Bonchev–Trinajstić information content (AvgIpc) is 3.10. The van der Waals surface area contributed by atoms with Gasteiger partial charge < -0.3 is 5.32 Å². The number of aromatic nitrogens is 2. The Balaban J connectivity index is 1.62. The number of carbonyl (C=O) groups is 1. The van der Waals surface area contributed by atoms with Crippen LogP contribution in [0.3, 0.4) is 0 Å². The highest BCUT2D eigenvalue weighted by molar-refractivity contribution is 7.89. The minimum Gasteiger partial charge on any atom is -0.311 e. The van der Waals surface area contributed by atoms with E-state index in [2.05, 4.69) is 10.4 Å². The quantitative estimate of drug-likeness (QED) is 0.820. The number of piperidine rings is 1. The van der Waals surface area contributed by atoms with Gasteiger partial charge in [0.05, 0.1) is 11.1 Å². The van der Waals surface area contributed by atoms with Crippen LogP contribution in [0.4, 0.5) is 5.82 Å². The van der Waals surface area contributed by atoms with Crippen LogP contribution in [0.1, 0.15) is 32.7 Å². The maximum absolute atomic E-state index is 12.7. The largest absolute Gasteiger partial charge is 0.311 e. The molecule has 0 aliphatic carbocycles. The molecule has 1 fully saturated rings. The van der Waals surface area contributed by atoms with E-state index in [1.54, 1.807) is 29.1 Å². The average molecular weight is 411 g/mol. The first kappa shape index (κ1) is 19.9. The van der Waals surface area contributed by atoms with Gasteiger partial charge in [0, 0.05) is 36.1 Å². The van der Waals surface area contributed by atoms with Gasteiger partial charge in [0.25, 0.3) is 0 Å². The summed E-state index contributed by atoms with van der Waals surface area (Å²) in [5, 5.41) is 7.61. The fourth-order valence-electron chi connectivity index (χ4n) is 3.17. The van der Waals surface area contributed by atoms with Crippen LogP contribution in [0.5, 0.6) is 0 Å². The van der Waals surface area contributed by atoms with E-state index in [4.69, 9.17) is 11.6 Å². The zero-order valence-electron chi connectivity index (χ0n) is 15.3. The van der Waals surface area contributed by atoms with Crippen molar-refractivity contribution in [2.45, 2.75) is 37.6 Å². The monoisotopic (exact) mass is 410 g/mol. The number of rotatable bonds is 5. The zero-order chi connectivity index (χ0) is 19.6. The first-order valence-electron chi connectivity index (χ1n) is 8.89. The summed E-state index contributed by atoms with van der Waals surface area (Å²) in [5.74, 6) is 0.337. The van der Waals surface area contributed by atoms with Crippen molar-refractivity contribution >= 4 is 33.3 Å². The summed E-state index contributed by atoms with van der Waals surface area (Å²) in [6.45, 7) is 4.60. The van der Waals surface area contributed by atoms with Gasteiger partial charge >= 0.3 is 0 Å². The number of benzene rings is 1. The van der Waals surface area contributed by atoms with Crippen molar-refractivity contribution in [2.24, 2.45) is 5.92 Å². The Bertz CT molecular complexity index is 901. The topological polar surface area (TPSA) is 84.3 Å². The highest BCUT2D eigenvalue weighted by atomic mass is 35.5. The van der Waals surface area contributed by atoms with Gasteiger partial charge in [0.1, 0.15) is 5.82 Å². The number of nitrogens with zero attached hydrogens (tertiary/aromatic N) is 3. The van der Waals surface area contributed by atoms with Crippen molar-refractivity contribution in [3.8, 4) is 0 Å². The molecule has 27 heavy (non-hydrogen) atoms. The van der Waals surface area contributed by atoms with Crippen molar-refractivity contribution in [3.63, 3.8) is 0 Å². The number of hydrogen-bond donors (Lipinski definition) is 1. The standard InChI is InChI=1S/C18H23ClN4O3S/c1-13(2)23-17(7-10-20-23)21-18(24)14-8-11-22(12-9-14)27(25,26)16-5-3-15(19)4-6-16/h3-7,10,13-14H,8-9,11-12H2,1-2H3,(H,21,24). The highest BCUT2D eigenvalue weighted by Gasteiger charge is 2.32. The van der Waals surface area contributed by atoms with Crippen molar-refractivity contribution in [3.05, 3.63) is 41.6 Å². The van der Waals surface area contributed by atoms with Gasteiger partial charge in [-0.3, -0.25) is 4.79 Å². The van der Waals surface area contributed by atoms with E-state index in [0.717, 1.165) is 0 Å². The molecule has 1 saturated heterocycles. The minimum atomic E-state index is -3.57. The lowest BCUT2D eigenvalue weighted by Gasteiger charge is -2.30. The van der Waals surface area contributed by atoms with E-state index in [9.17, 15) is 13.2 Å². The fraction of sp³-hybridized carbons (Fsp3) is 0.444. The number of carbonyl (C=O) groups excluding carboxylic acids is 1. The zero-order valence-corrected chi connectivity index (χ0v) is 16.9. The number of amides is 1. The Morgan fingerprint density at radius 1 is 1.19 bits per heavy atom. The Morgan fingerprint density at radius 3 is 2.41 bits per heavy atom. The Morgan fingerprint density at radius 2 is 1.81 bits per heavy atom. The summed E-state index contributed by atoms with van der Waals surface area (Å²) in [6.07, 6.45) is 2.61. The number of hydrogen-bond acceptors (Lipinski definition) is 4. The van der Waals surface area contributed by atoms with Crippen LogP contribution in [-0.4, -0.2) is 41.5 Å². The Labute approximate surface area is 164 Å². The second-order valence-electron chi connectivity index (χ2n) is 6.88. The van der Waals surface area contributed by atoms with E-state index >= 15 is 0 Å². The van der Waals surface area contributed by atoms with E-state index in [0.29, 0.717) is 36.8 Å². The molecule has 1 aromatic carbocycles. The molecule has 1 amide bonds. The third kappa shape index (κ3) is 4.34. The lowest BCUT2D eigenvalue weighted by Crippen LogP contribution is -2.41. The van der Waals surface area contributed by atoms with Crippen molar-refractivity contribution in [1.82, 2.24) is 14.1 Å². The lowest BCUT2D eigenvalue weighted by atomic mass is 9.97. The molecule has 0 spiro atoms. The van der Waals surface area contributed by atoms with Gasteiger partial charge in [-0.2, -0.15) is 9.40 Å². The molecule has 9 heteroatoms. The molecule has 146 valence electrons. The molecule has 0 radical (unpaired) electrons. The first-order chi connectivity index (χ1) is 12.8. The first-order valence-corrected chi connectivity index (χ1v) is 10.7. The van der Waals surface area contributed by atoms with Crippen LogP contribution in [0, 0.1) is 5.92 Å². The van der Waals surface area contributed by atoms with Crippen molar-refractivity contribution in [1.29, 1.82) is 0 Å². The number of nitrogens with one attached hydrogen (secondary N) is 1. The molecule has 2 heterocycles. The molecular weight excluding hydrogens is 388 g/mol. The lowest BCUT2D eigenvalue weighted by molar-refractivity contribution is -0.121. The molecule has 0 saturated carbocycles. The molecule has 1 aliphatic rings. The third-order valence-corrected chi connectivity index (χ3v) is 6.85. The molecule has 1 aromatic heterocycles. The Kier molecular flexibility index (Phi) is 5.88. The van der Waals surface area contributed by atoms with Gasteiger partial charge in [-0.05, 0) is 51.0 Å². The van der Waals surface area contributed by atoms with Gasteiger partial charge in [-0.25, -0.2) is 13.1 Å². The summed E-state index contributed by atoms with van der Waals surface area (Å²) in [7, 11) is -3.57. The molecule has 0 atom stereocenters. The second kappa shape index (κ2) is 8.00. The summed E-state index contributed by atoms with van der Waals surface area (Å²) in [4.78, 5) is 12.8. The van der Waals surface area contributed by atoms with Crippen LogP contribution in [0.2, 0.25) is 5.02 Å². The summed E-state index contributed by atoms with van der Waals surface area (Å²) >= 11 is 5.83. The highest BCUT2D eigenvalue weighted by Crippen LogP contribution is 2.26. The second-order valence-corrected chi connectivity index (χ2v) is 9.25. The SMILES string of the molecule is CC(C)n1nccc1NC(=O)C1CCN(S(=O)(=O)c2ccc(Cl)cc2)CC1. The molecule has 7 nitrogen and oxygen atoms in total. The summed E-state index contributed by atoms with van der Waals surface area (Å²) < 4.78 is 28.6. The molecule has 2 aromatic rings. The predicted octanol–water partition coefficient (Wildman–Crippen LogP) is 3.16. The number of anilines is 1. The van der Waals surface area contributed by atoms with Crippen molar-refractivity contribution in [2.75, 3.05) is 18.4 Å². The Hall–Kier alpha value is -1.90. The smallest absolute Gasteiger partial charge is 0.243 e. The van der Waals surface area contributed by atoms with Gasteiger partial charge in [-0.1, -0.05) is 11.6 Å². The molecular formula is C18H23ClN4O3S. The molecule has 1 aliphatic heterocycles. The van der Waals surface area contributed by atoms with Gasteiger partial charge in [0.2, 0.25) is 15.9 Å². The van der Waals surface area contributed by atoms with Crippen molar-refractivity contribution < 1.29 is 13.2 Å². The van der Waals surface area contributed by atoms with E-state index in [-0.39, 0.29) is 22.8 Å². The molecule has 1 N–H and O–H groups in total. The van der Waals surface area contributed by atoms with Crippen LogP contribution in [0.15, 0.2) is 41.4 Å². The van der Waals surface area contributed by atoms with E-state index in [1.807, 2.05) is 13.8 Å². The summed E-state index contributed by atoms with van der Waals surface area (Å²) in [5.41, 5.74) is 0. The van der Waals surface area contributed by atoms with Gasteiger partial charge in [0.15, 0.2) is 0 Å². The maximum Gasteiger partial charge on any atom is 0.243 e. The van der Waals surface area contributed by atoms with Gasteiger partial charge in [-0.15, -0.1) is 0 Å². The normalized spacial score (nSPS) is 16.6. The number of halogens is 1. The number of sulfonamides is 1. The molecule has 3 rings (SSSR count). The van der Waals surface area contributed by atoms with Crippen LogP contribution in [0.25, 0.3) is 0 Å². The van der Waals surface area contributed by atoms with E-state index in [1.165, 1.54) is 16.4 Å². The fourth-order valence-corrected chi connectivity index (χ4v) is 4.76. The van der Waals surface area contributed by atoms with Crippen LogP contribution >= 0.6 is 11.6 Å². The maximum atomic E-state index is 12.7. The summed E-state index contributed by atoms with van der Waals surface area (Å²) in [6, 6.07) is 8.03.